The fourth-order valence-electron chi connectivity index (χ4n) is 9.32. The number of hydrogen-bond donors (Lipinski definition) is 1. The number of thiophene rings is 1. The number of imide groups is 2. The van der Waals surface area contributed by atoms with Crippen LogP contribution in [0.5, 0.6) is 11.5 Å². The smallest absolute Gasteiger partial charge is 0.242 e. The van der Waals surface area contributed by atoms with E-state index in [1.54, 1.807) is 47.3 Å². The highest BCUT2D eigenvalue weighted by Gasteiger charge is 2.68. The van der Waals surface area contributed by atoms with E-state index in [-0.39, 0.29) is 41.5 Å². The minimum absolute atomic E-state index is 0.0317. The largest absolute Gasteiger partial charge is 0.504 e. The molecule has 4 heterocycles. The summed E-state index contributed by atoms with van der Waals surface area (Å²) in [5, 5.41) is 17.1. The fourth-order valence-corrected chi connectivity index (χ4v) is 10.6. The molecular weight excluding hydrogens is 688 g/mol. The number of likely N-dealkylation sites (tertiary alicyclic amines) is 1. The van der Waals surface area contributed by atoms with E-state index in [1.165, 1.54) is 9.80 Å². The number of rotatable bonds is 7. The Morgan fingerprint density at radius 3 is 2.57 bits per heavy atom. The molecule has 0 bridgehead atoms. The summed E-state index contributed by atoms with van der Waals surface area (Å²) < 4.78 is 8.41. The molecule has 10 nitrogen and oxygen atoms in total. The van der Waals surface area contributed by atoms with Crippen molar-refractivity contribution in [3.05, 3.63) is 70.3 Å². The second-order valence-corrected chi connectivity index (χ2v) is 15.8. The standard InChI is InChI=1S/C39H39ClN4O6S/c1-6-14-43-35(46)23-11-10-22-25(32(23)37(43)48)17-26-36(47)44(38(49)39(26,4)33(22)20-8-12-28(45)29(15-20)50-7-2)31-18-27(41-42(31)5)34-19(3)24-16-21(40)9-13-30(24)51-34/h8-10,12-13,15-16,18,23,25-26,32-33,45H,6-7,11,14,17H2,1-5H3/t23-,25+,26-,32-,33-,39+/m0/s1. The average Bonchev–Trinajstić information content (AvgIpc) is 3.77. The third kappa shape index (κ3) is 4.76. The zero-order valence-electron chi connectivity index (χ0n) is 29.1. The first-order valence-corrected chi connectivity index (χ1v) is 18.7. The number of carbonyl (C=O) groups is 4. The Balaban J connectivity index is 1.25. The third-order valence-electron chi connectivity index (χ3n) is 11.6. The molecule has 8 rings (SSSR count). The summed E-state index contributed by atoms with van der Waals surface area (Å²) >= 11 is 7.88. The molecule has 2 aliphatic heterocycles. The van der Waals surface area contributed by atoms with Crippen LogP contribution in [0.15, 0.2) is 54.1 Å². The van der Waals surface area contributed by atoms with Crippen LogP contribution in [-0.4, -0.2) is 56.6 Å². The van der Waals surface area contributed by atoms with Gasteiger partial charge in [-0.2, -0.15) is 5.10 Å². The van der Waals surface area contributed by atoms with E-state index in [4.69, 9.17) is 21.4 Å². The Labute approximate surface area is 304 Å². The van der Waals surface area contributed by atoms with Gasteiger partial charge in [-0.3, -0.25) is 28.8 Å². The van der Waals surface area contributed by atoms with Gasteiger partial charge >= 0.3 is 0 Å². The number of allylic oxidation sites excluding steroid dienone is 2. The van der Waals surface area contributed by atoms with Crippen LogP contribution in [0.1, 0.15) is 57.1 Å². The van der Waals surface area contributed by atoms with Gasteiger partial charge in [-0.15, -0.1) is 11.3 Å². The van der Waals surface area contributed by atoms with E-state index in [0.717, 1.165) is 26.1 Å². The van der Waals surface area contributed by atoms with E-state index in [2.05, 4.69) is 0 Å². The molecule has 4 amide bonds. The highest BCUT2D eigenvalue weighted by Crippen LogP contribution is 2.64. The Morgan fingerprint density at radius 1 is 1.04 bits per heavy atom. The number of carbonyl (C=O) groups excluding carboxylic acids is 4. The number of phenolic OH excluding ortho intramolecular Hbond substituents is 1. The van der Waals surface area contributed by atoms with Crippen molar-refractivity contribution in [1.82, 2.24) is 14.7 Å². The van der Waals surface area contributed by atoms with Crippen LogP contribution in [0, 0.1) is 36.0 Å². The van der Waals surface area contributed by atoms with Crippen LogP contribution in [-0.2, 0) is 26.2 Å². The number of hydrogen-bond acceptors (Lipinski definition) is 8. The van der Waals surface area contributed by atoms with Crippen LogP contribution >= 0.6 is 22.9 Å². The van der Waals surface area contributed by atoms with E-state index in [0.29, 0.717) is 48.1 Å². The van der Waals surface area contributed by atoms with Crippen molar-refractivity contribution in [1.29, 1.82) is 0 Å². The predicted octanol–water partition coefficient (Wildman–Crippen LogP) is 7.01. The highest BCUT2D eigenvalue weighted by molar-refractivity contribution is 7.22. The number of phenols is 1. The first-order valence-electron chi connectivity index (χ1n) is 17.5. The molecule has 2 saturated heterocycles. The van der Waals surface area contributed by atoms with Crippen molar-refractivity contribution in [3.63, 3.8) is 0 Å². The molecule has 1 N–H and O–H groups in total. The molecule has 2 aliphatic carbocycles. The number of amides is 4. The van der Waals surface area contributed by atoms with Crippen molar-refractivity contribution in [2.75, 3.05) is 18.1 Å². The molecule has 4 aliphatic rings. The monoisotopic (exact) mass is 726 g/mol. The summed E-state index contributed by atoms with van der Waals surface area (Å²) in [7, 11) is 1.73. The number of ether oxygens (including phenoxy) is 1. The van der Waals surface area contributed by atoms with Crippen molar-refractivity contribution >= 4 is 62.5 Å². The normalized spacial score (nSPS) is 27.3. The Kier molecular flexibility index (Phi) is 7.95. The summed E-state index contributed by atoms with van der Waals surface area (Å²) in [6.45, 7) is 8.30. The minimum Gasteiger partial charge on any atom is -0.504 e. The van der Waals surface area contributed by atoms with Gasteiger partial charge in [0.25, 0.3) is 0 Å². The zero-order valence-corrected chi connectivity index (χ0v) is 30.7. The van der Waals surface area contributed by atoms with Crippen molar-refractivity contribution < 1.29 is 29.0 Å². The minimum atomic E-state index is -1.24. The van der Waals surface area contributed by atoms with Crippen LogP contribution in [0.3, 0.4) is 0 Å². The molecule has 0 spiro atoms. The van der Waals surface area contributed by atoms with Crippen molar-refractivity contribution in [3.8, 4) is 22.1 Å². The lowest BCUT2D eigenvalue weighted by atomic mass is 9.51. The lowest BCUT2D eigenvalue weighted by molar-refractivity contribution is -0.140. The molecule has 6 atom stereocenters. The molecule has 2 aromatic heterocycles. The second kappa shape index (κ2) is 12.1. The molecule has 1 saturated carbocycles. The number of aromatic nitrogens is 2. The third-order valence-corrected chi connectivity index (χ3v) is 13.2. The number of aromatic hydroxyl groups is 1. The van der Waals surface area contributed by atoms with Gasteiger partial charge in [0.2, 0.25) is 23.6 Å². The molecule has 3 fully saturated rings. The zero-order chi connectivity index (χ0) is 36.1. The molecule has 4 aromatic rings. The second-order valence-electron chi connectivity index (χ2n) is 14.4. The van der Waals surface area contributed by atoms with Crippen LogP contribution in [0.25, 0.3) is 20.7 Å². The van der Waals surface area contributed by atoms with Crippen molar-refractivity contribution in [2.45, 2.75) is 52.9 Å². The SMILES string of the molecule is CCCN1C(=O)[C@H]2[C@H](CC=C3[C@H]2C[C@H]2C(=O)N(c4cc(-c5sc6ccc(Cl)cc6c5C)nn4C)C(=O)[C@@]2(C)[C@H]3c2ccc(O)c(OCC)c2)C1=O. The highest BCUT2D eigenvalue weighted by atomic mass is 35.5. The number of aryl methyl sites for hydroxylation is 2. The Hall–Kier alpha value is -4.48. The Bertz CT molecular complexity index is 2210. The molecular formula is C39H39ClN4O6S. The predicted molar refractivity (Wildman–Crippen MR) is 195 cm³/mol. The summed E-state index contributed by atoms with van der Waals surface area (Å²) in [6, 6.07) is 12.6. The van der Waals surface area contributed by atoms with Crippen molar-refractivity contribution in [2.24, 2.45) is 36.1 Å². The van der Waals surface area contributed by atoms with E-state index in [1.807, 2.05) is 52.0 Å². The van der Waals surface area contributed by atoms with Gasteiger partial charge in [-0.25, -0.2) is 4.90 Å². The van der Waals surface area contributed by atoms with Gasteiger partial charge in [0, 0.05) is 35.3 Å². The molecule has 0 unspecified atom stereocenters. The lowest BCUT2D eigenvalue weighted by Crippen LogP contribution is -2.48. The average molecular weight is 727 g/mol. The maximum absolute atomic E-state index is 15.0. The first kappa shape index (κ1) is 33.7. The molecule has 2 aromatic carbocycles. The topological polar surface area (TPSA) is 122 Å². The van der Waals surface area contributed by atoms with Gasteiger partial charge in [0.1, 0.15) is 11.5 Å². The van der Waals surface area contributed by atoms with Gasteiger partial charge < -0.3 is 9.84 Å². The summed E-state index contributed by atoms with van der Waals surface area (Å²) in [4.78, 5) is 60.9. The Morgan fingerprint density at radius 2 is 1.82 bits per heavy atom. The summed E-state index contributed by atoms with van der Waals surface area (Å²) in [6.07, 6.45) is 3.33. The van der Waals surface area contributed by atoms with Gasteiger partial charge in [-0.05, 0) is 92.8 Å². The number of benzene rings is 2. The number of fused-ring (bicyclic) bond motifs is 5. The molecule has 12 heteroatoms. The molecule has 0 radical (unpaired) electrons. The maximum atomic E-state index is 15.0. The maximum Gasteiger partial charge on any atom is 0.242 e. The summed E-state index contributed by atoms with van der Waals surface area (Å²) in [5.41, 5.74) is 2.00. The first-order chi connectivity index (χ1) is 24.4. The van der Waals surface area contributed by atoms with Gasteiger partial charge in [0.15, 0.2) is 11.5 Å². The van der Waals surface area contributed by atoms with E-state index < -0.39 is 35.0 Å². The quantitative estimate of drug-likeness (QED) is 0.161. The van der Waals surface area contributed by atoms with Crippen LogP contribution < -0.4 is 9.64 Å². The fraction of sp³-hybridized carbons (Fsp3) is 0.410. The van der Waals surface area contributed by atoms with Crippen LogP contribution in [0.4, 0.5) is 5.82 Å². The lowest BCUT2D eigenvalue weighted by Gasteiger charge is -2.49. The van der Waals surface area contributed by atoms with Gasteiger partial charge in [-0.1, -0.05) is 36.2 Å². The van der Waals surface area contributed by atoms with Gasteiger partial charge in [0.05, 0.1) is 34.7 Å². The summed E-state index contributed by atoms with van der Waals surface area (Å²) in [5.74, 6) is -3.38. The number of halogens is 1. The molecule has 264 valence electrons. The number of nitrogens with zero attached hydrogens (tertiary/aromatic N) is 4. The molecule has 51 heavy (non-hydrogen) atoms. The number of anilines is 1. The van der Waals surface area contributed by atoms with E-state index in [9.17, 15) is 19.5 Å². The van der Waals surface area contributed by atoms with Crippen LogP contribution in [0.2, 0.25) is 5.02 Å². The van der Waals surface area contributed by atoms with E-state index >= 15 is 4.79 Å².